The van der Waals surface area contributed by atoms with Gasteiger partial charge in [-0.3, -0.25) is 4.79 Å². The molecule has 4 nitrogen and oxygen atoms in total. The number of carbonyl (C=O) groups is 1. The highest BCUT2D eigenvalue weighted by Gasteiger charge is 2.65. The van der Waals surface area contributed by atoms with E-state index in [9.17, 15) is 14.4 Å². The van der Waals surface area contributed by atoms with Crippen molar-refractivity contribution in [3.8, 4) is 17.6 Å². The summed E-state index contributed by atoms with van der Waals surface area (Å²) in [4.78, 5) is 13.2. The molecule has 1 saturated carbocycles. The smallest absolute Gasteiger partial charge is 0.310 e. The summed E-state index contributed by atoms with van der Waals surface area (Å²) in [5.74, 6) is -0.366. The molecular weight excluding hydrogens is 512 g/mol. The van der Waals surface area contributed by atoms with Crippen molar-refractivity contribution in [1.29, 1.82) is 5.26 Å². The fraction of sp³-hybridized carbons (Fsp3) is 0.267. The van der Waals surface area contributed by atoms with Crippen LogP contribution < -0.4 is 4.74 Å². The van der Waals surface area contributed by atoms with E-state index < -0.39 is 5.82 Å². The van der Waals surface area contributed by atoms with Crippen molar-refractivity contribution < 1.29 is 18.7 Å². The minimum atomic E-state index is -0.512. The van der Waals surface area contributed by atoms with Crippen LogP contribution in [0.4, 0.5) is 4.39 Å². The number of halogens is 3. The van der Waals surface area contributed by atoms with E-state index >= 15 is 0 Å². The summed E-state index contributed by atoms with van der Waals surface area (Å²) in [6, 6.07) is 20.0. The molecule has 0 aliphatic heterocycles. The summed E-state index contributed by atoms with van der Waals surface area (Å²) in [6.45, 7) is 4.24. The number of benzene rings is 3. The van der Waals surface area contributed by atoms with E-state index in [1.54, 1.807) is 30.3 Å². The highest BCUT2D eigenvalue weighted by Crippen LogP contribution is 2.65. The van der Waals surface area contributed by atoms with E-state index in [1.807, 2.05) is 30.3 Å². The maximum Gasteiger partial charge on any atom is 0.310 e. The minimum absolute atomic E-state index is 0.0178. The number of allylic oxidation sites excluding steroid dienone is 1. The molecule has 0 amide bonds. The molecule has 3 aromatic carbocycles. The number of nitriles is 1. The molecule has 2 unspecified atom stereocenters. The van der Waals surface area contributed by atoms with Crippen LogP contribution in [0.15, 0.2) is 72.8 Å². The van der Waals surface area contributed by atoms with Crippen molar-refractivity contribution in [2.24, 2.45) is 17.3 Å². The molecule has 1 fully saturated rings. The molecule has 1 aliphatic carbocycles. The van der Waals surface area contributed by atoms with E-state index in [2.05, 4.69) is 13.8 Å². The predicted octanol–water partition coefficient (Wildman–Crippen LogP) is 8.52. The van der Waals surface area contributed by atoms with Gasteiger partial charge in [0, 0.05) is 10.1 Å². The second-order valence-electron chi connectivity index (χ2n) is 9.07. The Balaban J connectivity index is 1.44. The molecule has 7 heteroatoms. The van der Waals surface area contributed by atoms with Gasteiger partial charge in [-0.1, -0.05) is 67.4 Å². The number of carbonyl (C=O) groups excluding carboxylic acids is 1. The molecule has 4 rings (SSSR count). The summed E-state index contributed by atoms with van der Waals surface area (Å²) in [5, 5.41) is 10.5. The van der Waals surface area contributed by atoms with Crippen LogP contribution in [0.3, 0.4) is 0 Å². The topological polar surface area (TPSA) is 59.3 Å². The Morgan fingerprint density at radius 3 is 2.51 bits per heavy atom. The molecular formula is C30H26Cl2FNO3. The van der Waals surface area contributed by atoms with Gasteiger partial charge in [-0.25, -0.2) is 4.39 Å². The number of hydrogen-bond acceptors (Lipinski definition) is 4. The first-order chi connectivity index (χ1) is 17.8. The van der Waals surface area contributed by atoms with Crippen molar-refractivity contribution in [3.05, 3.63) is 100 Å². The highest BCUT2D eigenvalue weighted by molar-refractivity contribution is 6.48. The molecule has 0 bridgehead atoms. The molecule has 0 aromatic heterocycles. The number of esters is 1. The van der Waals surface area contributed by atoms with Crippen LogP contribution >= 0.6 is 23.2 Å². The molecule has 0 N–H and O–H groups in total. The molecule has 1 aliphatic rings. The van der Waals surface area contributed by atoms with Crippen molar-refractivity contribution >= 4 is 34.2 Å². The van der Waals surface area contributed by atoms with Gasteiger partial charge < -0.3 is 9.47 Å². The second kappa shape index (κ2) is 11.4. The summed E-state index contributed by atoms with van der Waals surface area (Å²) in [5.41, 5.74) is 1.49. The number of hydrogen-bond donors (Lipinski definition) is 0. The lowest BCUT2D eigenvalue weighted by atomic mass is 9.94. The third-order valence-corrected chi connectivity index (χ3v) is 7.72. The van der Waals surface area contributed by atoms with Gasteiger partial charge in [0.2, 0.25) is 0 Å². The second-order valence-corrected chi connectivity index (χ2v) is 9.92. The summed E-state index contributed by atoms with van der Waals surface area (Å²) in [7, 11) is 0. The van der Waals surface area contributed by atoms with Crippen LogP contribution in [0.1, 0.15) is 43.4 Å². The first kappa shape index (κ1) is 26.7. The molecule has 0 heterocycles. The summed E-state index contributed by atoms with van der Waals surface area (Å²) in [6.07, 6.45) is 3.63. The average Bonchev–Trinajstić information content (AvgIpc) is 3.55. The Bertz CT molecular complexity index is 1360. The zero-order valence-electron chi connectivity index (χ0n) is 20.5. The van der Waals surface area contributed by atoms with Crippen LogP contribution in [-0.4, -0.2) is 5.97 Å². The standard InChI is InChI=1S/C30H26Cl2FNO3/c1-3-30(4-2)25(16-26(32)20-8-10-22(31)11-9-20)28(30)29(35)36-18-19-6-5-7-24(14-19)37-27-13-12-23(33)15-21(27)17-34/h5-16,25,28H,3-4,18H2,1-2H3/b26-16-. The van der Waals surface area contributed by atoms with Gasteiger partial charge in [0.15, 0.2) is 0 Å². The van der Waals surface area contributed by atoms with Gasteiger partial charge in [-0.15, -0.1) is 0 Å². The first-order valence-corrected chi connectivity index (χ1v) is 12.8. The molecule has 0 spiro atoms. The average molecular weight is 538 g/mol. The third-order valence-electron chi connectivity index (χ3n) is 7.12. The Labute approximate surface area is 226 Å². The van der Waals surface area contributed by atoms with Crippen LogP contribution in [0.2, 0.25) is 5.02 Å². The highest BCUT2D eigenvalue weighted by atomic mass is 35.5. The lowest BCUT2D eigenvalue weighted by Crippen LogP contribution is -2.13. The molecule has 0 radical (unpaired) electrons. The SMILES string of the molecule is CCC1(CC)C(/C=C(\Cl)c2ccc(Cl)cc2)C1C(=O)OCc1cccc(Oc2ccc(F)cc2C#N)c1. The fourth-order valence-corrected chi connectivity index (χ4v) is 5.33. The van der Waals surface area contributed by atoms with Gasteiger partial charge in [-0.2, -0.15) is 5.26 Å². The van der Waals surface area contributed by atoms with Crippen molar-refractivity contribution in [2.45, 2.75) is 33.3 Å². The predicted molar refractivity (Wildman–Crippen MR) is 143 cm³/mol. The van der Waals surface area contributed by atoms with Gasteiger partial charge in [0.05, 0.1) is 11.5 Å². The van der Waals surface area contributed by atoms with Crippen molar-refractivity contribution in [2.75, 3.05) is 0 Å². The normalized spacial score (nSPS) is 18.1. The molecule has 3 aromatic rings. The van der Waals surface area contributed by atoms with E-state index in [0.29, 0.717) is 15.8 Å². The zero-order chi connectivity index (χ0) is 26.6. The van der Waals surface area contributed by atoms with Crippen LogP contribution in [-0.2, 0) is 16.1 Å². The van der Waals surface area contributed by atoms with Crippen LogP contribution in [0.5, 0.6) is 11.5 Å². The lowest BCUT2D eigenvalue weighted by molar-refractivity contribution is -0.147. The third kappa shape index (κ3) is 5.82. The minimum Gasteiger partial charge on any atom is -0.461 e. The number of nitrogens with zero attached hydrogens (tertiary/aromatic N) is 1. The van der Waals surface area contributed by atoms with Crippen LogP contribution in [0, 0.1) is 34.4 Å². The fourth-order valence-electron chi connectivity index (χ4n) is 4.94. The van der Waals surface area contributed by atoms with Crippen molar-refractivity contribution in [3.63, 3.8) is 0 Å². The maximum absolute atomic E-state index is 13.4. The zero-order valence-corrected chi connectivity index (χ0v) is 22.0. The number of rotatable bonds is 9. The van der Waals surface area contributed by atoms with Crippen molar-refractivity contribution in [1.82, 2.24) is 0 Å². The molecule has 2 atom stereocenters. The van der Waals surface area contributed by atoms with Gasteiger partial charge in [-0.05, 0) is 77.8 Å². The Morgan fingerprint density at radius 2 is 1.84 bits per heavy atom. The van der Waals surface area contributed by atoms with Gasteiger partial charge in [0.1, 0.15) is 30.0 Å². The Hall–Kier alpha value is -3.33. The first-order valence-electron chi connectivity index (χ1n) is 12.1. The van der Waals surface area contributed by atoms with Gasteiger partial charge in [0.25, 0.3) is 0 Å². The van der Waals surface area contributed by atoms with E-state index in [0.717, 1.165) is 30.0 Å². The van der Waals surface area contributed by atoms with Gasteiger partial charge >= 0.3 is 5.97 Å². The molecule has 190 valence electrons. The van der Waals surface area contributed by atoms with E-state index in [1.165, 1.54) is 12.1 Å². The Morgan fingerprint density at radius 1 is 1.11 bits per heavy atom. The number of ether oxygens (including phenoxy) is 2. The Kier molecular flexibility index (Phi) is 8.22. The van der Waals surface area contributed by atoms with E-state index in [-0.39, 0.29) is 41.1 Å². The van der Waals surface area contributed by atoms with E-state index in [4.69, 9.17) is 32.7 Å². The molecule has 0 saturated heterocycles. The molecule has 37 heavy (non-hydrogen) atoms. The quantitative estimate of drug-likeness (QED) is 0.256. The summed E-state index contributed by atoms with van der Waals surface area (Å²) < 4.78 is 24.9. The monoisotopic (exact) mass is 537 g/mol. The maximum atomic E-state index is 13.4. The van der Waals surface area contributed by atoms with Crippen LogP contribution in [0.25, 0.3) is 5.03 Å². The lowest BCUT2D eigenvalue weighted by Gasteiger charge is -2.12. The largest absolute Gasteiger partial charge is 0.461 e. The summed E-state index contributed by atoms with van der Waals surface area (Å²) >= 11 is 12.6.